The number of carboxylic acid groups (broad SMARTS) is 1. The molecule has 0 bridgehead atoms. The third-order valence-electron chi connectivity index (χ3n) is 2.26. The number of aliphatic hydroxyl groups excluding tert-OH is 2. The summed E-state index contributed by atoms with van der Waals surface area (Å²) in [7, 11) is 1.48. The summed E-state index contributed by atoms with van der Waals surface area (Å²) in [5.41, 5.74) is 0. The zero-order valence-electron chi connectivity index (χ0n) is 10.3. The summed E-state index contributed by atoms with van der Waals surface area (Å²) in [6.45, 7) is 3.19. The molecule has 0 radical (unpaired) electrons. The van der Waals surface area contributed by atoms with Gasteiger partial charge in [-0.1, -0.05) is 0 Å². The lowest BCUT2D eigenvalue weighted by Gasteiger charge is -2.23. The van der Waals surface area contributed by atoms with Gasteiger partial charge in [0.15, 0.2) is 6.04 Å². The van der Waals surface area contributed by atoms with Crippen molar-refractivity contribution in [3.05, 3.63) is 0 Å². The predicted octanol–water partition coefficient (Wildman–Crippen LogP) is -0.767. The van der Waals surface area contributed by atoms with E-state index in [0.717, 1.165) is 0 Å². The number of carboxylic acids is 1. The van der Waals surface area contributed by atoms with Gasteiger partial charge in [0.25, 0.3) is 0 Å². The molecule has 0 aliphatic carbocycles. The monoisotopic (exact) mass is 248 g/mol. The fraction of sp³-hybridized carbons (Fsp3) is 0.800. The largest absolute Gasteiger partial charge is 0.480 e. The van der Waals surface area contributed by atoms with Crippen LogP contribution in [0.25, 0.3) is 0 Å². The van der Waals surface area contributed by atoms with Crippen molar-refractivity contribution in [2.24, 2.45) is 0 Å². The van der Waals surface area contributed by atoms with Crippen LogP contribution in [0.4, 0.5) is 4.79 Å². The fourth-order valence-corrected chi connectivity index (χ4v) is 1.11. The Morgan fingerprint density at radius 1 is 1.29 bits per heavy atom. The van der Waals surface area contributed by atoms with E-state index in [9.17, 15) is 14.7 Å². The Bertz CT molecular complexity index is 267. The second-order valence-corrected chi connectivity index (χ2v) is 4.07. The molecule has 7 nitrogen and oxygen atoms in total. The van der Waals surface area contributed by atoms with Crippen LogP contribution < -0.4 is 5.32 Å². The highest BCUT2D eigenvalue weighted by atomic mass is 16.4. The lowest BCUT2D eigenvalue weighted by Crippen LogP contribution is -2.51. The van der Waals surface area contributed by atoms with Crippen LogP contribution >= 0.6 is 0 Å². The van der Waals surface area contributed by atoms with E-state index in [0.29, 0.717) is 13.0 Å². The number of carbonyl (C=O) groups is 2. The van der Waals surface area contributed by atoms with Crippen LogP contribution in [-0.4, -0.2) is 64.1 Å². The molecule has 1 unspecified atom stereocenters. The molecule has 0 heterocycles. The molecule has 0 rings (SSSR count). The minimum Gasteiger partial charge on any atom is -0.480 e. The van der Waals surface area contributed by atoms with Gasteiger partial charge in [0, 0.05) is 13.6 Å². The van der Waals surface area contributed by atoms with Crippen LogP contribution in [0.2, 0.25) is 0 Å². The number of hydrogen-bond donors (Lipinski definition) is 4. The Kier molecular flexibility index (Phi) is 6.52. The van der Waals surface area contributed by atoms with E-state index in [1.54, 1.807) is 6.92 Å². The van der Waals surface area contributed by atoms with Crippen LogP contribution in [0.1, 0.15) is 20.3 Å². The fourth-order valence-electron chi connectivity index (χ4n) is 1.11. The second kappa shape index (κ2) is 7.08. The van der Waals surface area contributed by atoms with Crippen molar-refractivity contribution in [2.45, 2.75) is 38.5 Å². The average molecular weight is 248 g/mol. The molecule has 0 spiro atoms. The summed E-state index contributed by atoms with van der Waals surface area (Å²) in [5, 5.41) is 29.2. The molecular weight excluding hydrogens is 228 g/mol. The number of nitrogens with zero attached hydrogens (tertiary/aromatic N) is 1. The zero-order chi connectivity index (χ0) is 13.6. The predicted molar refractivity (Wildman–Crippen MR) is 60.6 cm³/mol. The number of hydrogen-bond acceptors (Lipinski definition) is 4. The maximum Gasteiger partial charge on any atom is 0.328 e. The van der Waals surface area contributed by atoms with Gasteiger partial charge in [0.2, 0.25) is 0 Å². The molecule has 0 aliphatic rings. The first-order chi connectivity index (χ1) is 7.75. The van der Waals surface area contributed by atoms with E-state index < -0.39 is 30.3 Å². The first kappa shape index (κ1) is 15.7. The summed E-state index contributed by atoms with van der Waals surface area (Å²) in [6.07, 6.45) is -1.31. The summed E-state index contributed by atoms with van der Waals surface area (Å²) >= 11 is 0. The Morgan fingerprint density at radius 2 is 1.82 bits per heavy atom. The molecule has 7 heteroatoms. The van der Waals surface area contributed by atoms with Gasteiger partial charge in [-0.3, -0.25) is 0 Å². The highest BCUT2D eigenvalue weighted by molar-refractivity contribution is 5.82. The summed E-state index contributed by atoms with van der Waals surface area (Å²) in [6, 6.07) is -1.93. The Balaban J connectivity index is 4.26. The molecule has 0 aliphatic heterocycles. The molecule has 0 fully saturated rings. The molecule has 0 aromatic rings. The van der Waals surface area contributed by atoms with Gasteiger partial charge in [-0.15, -0.1) is 0 Å². The lowest BCUT2D eigenvalue weighted by atomic mass is 10.2. The average Bonchev–Trinajstić information content (AvgIpc) is 2.20. The van der Waals surface area contributed by atoms with E-state index in [4.69, 9.17) is 10.2 Å². The third-order valence-corrected chi connectivity index (χ3v) is 2.26. The molecule has 3 atom stereocenters. The van der Waals surface area contributed by atoms with Crippen LogP contribution in [0.15, 0.2) is 0 Å². The van der Waals surface area contributed by atoms with Crippen molar-refractivity contribution in [3.8, 4) is 0 Å². The van der Waals surface area contributed by atoms with E-state index in [1.165, 1.54) is 18.9 Å². The van der Waals surface area contributed by atoms with Crippen molar-refractivity contribution in [1.82, 2.24) is 10.2 Å². The smallest absolute Gasteiger partial charge is 0.328 e. The maximum absolute atomic E-state index is 11.5. The first-order valence-corrected chi connectivity index (χ1v) is 5.36. The normalized spacial score (nSPS) is 15.8. The van der Waals surface area contributed by atoms with Gasteiger partial charge >= 0.3 is 12.0 Å². The molecule has 0 saturated carbocycles. The van der Waals surface area contributed by atoms with E-state index in [2.05, 4.69) is 5.32 Å². The van der Waals surface area contributed by atoms with Gasteiger partial charge in [-0.25, -0.2) is 9.59 Å². The summed E-state index contributed by atoms with van der Waals surface area (Å²) < 4.78 is 0. The van der Waals surface area contributed by atoms with Crippen LogP contribution in [0.5, 0.6) is 0 Å². The minimum atomic E-state index is -1.34. The first-order valence-electron chi connectivity index (χ1n) is 5.36. The Morgan fingerprint density at radius 3 is 2.18 bits per heavy atom. The number of urea groups is 1. The van der Waals surface area contributed by atoms with Crippen LogP contribution in [0.3, 0.4) is 0 Å². The van der Waals surface area contributed by atoms with E-state index in [1.807, 2.05) is 0 Å². The van der Waals surface area contributed by atoms with Crippen molar-refractivity contribution >= 4 is 12.0 Å². The van der Waals surface area contributed by atoms with Gasteiger partial charge in [0.05, 0.1) is 12.2 Å². The quantitative estimate of drug-likeness (QED) is 0.493. The second-order valence-electron chi connectivity index (χ2n) is 4.07. The maximum atomic E-state index is 11.5. The molecular formula is C10H20N2O5. The molecule has 0 aromatic carbocycles. The van der Waals surface area contributed by atoms with Crippen molar-refractivity contribution in [1.29, 1.82) is 0 Å². The van der Waals surface area contributed by atoms with Gasteiger partial charge in [-0.2, -0.15) is 0 Å². The number of amides is 2. The molecule has 4 N–H and O–H groups in total. The number of aliphatic hydroxyl groups is 2. The Hall–Kier alpha value is -1.34. The van der Waals surface area contributed by atoms with Crippen molar-refractivity contribution in [3.63, 3.8) is 0 Å². The summed E-state index contributed by atoms with van der Waals surface area (Å²) in [5.74, 6) is -1.29. The number of carbonyl (C=O) groups excluding carboxylic acids is 1. The highest BCUT2D eigenvalue weighted by Gasteiger charge is 2.26. The minimum absolute atomic E-state index is 0.301. The summed E-state index contributed by atoms with van der Waals surface area (Å²) in [4.78, 5) is 23.5. The van der Waals surface area contributed by atoms with Crippen LogP contribution in [0, 0.1) is 0 Å². The third kappa shape index (κ3) is 6.08. The standard InChI is InChI=1S/C10H20N2O5/c1-6(13)4-5-12(3)10(17)11-8(7(2)14)9(15)16/h6-8,13-14H,4-5H2,1-3H3,(H,11,17)(H,15,16)/t6?,7-,8+/m1/s1. The van der Waals surface area contributed by atoms with Gasteiger partial charge in [-0.05, 0) is 20.3 Å². The van der Waals surface area contributed by atoms with E-state index in [-0.39, 0.29) is 0 Å². The number of aliphatic carboxylic acids is 1. The highest BCUT2D eigenvalue weighted by Crippen LogP contribution is 1.97. The van der Waals surface area contributed by atoms with Gasteiger partial charge in [0.1, 0.15) is 0 Å². The van der Waals surface area contributed by atoms with Crippen LogP contribution in [-0.2, 0) is 4.79 Å². The number of rotatable bonds is 6. The molecule has 17 heavy (non-hydrogen) atoms. The van der Waals surface area contributed by atoms with Crippen molar-refractivity contribution < 1.29 is 24.9 Å². The molecule has 0 saturated heterocycles. The van der Waals surface area contributed by atoms with Crippen molar-refractivity contribution in [2.75, 3.05) is 13.6 Å². The molecule has 2 amide bonds. The number of nitrogens with one attached hydrogen (secondary N) is 1. The molecule has 100 valence electrons. The lowest BCUT2D eigenvalue weighted by molar-refractivity contribution is -0.141. The van der Waals surface area contributed by atoms with Gasteiger partial charge < -0.3 is 25.5 Å². The zero-order valence-corrected chi connectivity index (χ0v) is 10.3. The SMILES string of the molecule is CC(O)CCN(C)C(=O)N[C@H](C(=O)O)[C@@H](C)O. The Labute approximate surface area is 100 Å². The molecule has 0 aromatic heterocycles. The van der Waals surface area contributed by atoms with E-state index >= 15 is 0 Å². The topological polar surface area (TPSA) is 110 Å².